The molecule has 1 aromatic rings. The summed E-state index contributed by atoms with van der Waals surface area (Å²) in [6, 6.07) is 2.13. The maximum absolute atomic E-state index is 5.58. The van der Waals surface area contributed by atoms with E-state index in [0.717, 1.165) is 47.0 Å². The minimum Gasteiger partial charge on any atom is -0.496 e. The van der Waals surface area contributed by atoms with Gasteiger partial charge < -0.3 is 14.8 Å². The zero-order chi connectivity index (χ0) is 13.8. The Hall–Kier alpha value is -0.740. The molecule has 0 spiro atoms. The number of nitrogens with one attached hydrogen (secondary N) is 1. The van der Waals surface area contributed by atoms with Crippen molar-refractivity contribution in [2.45, 2.75) is 26.2 Å². The lowest BCUT2D eigenvalue weighted by atomic mass is 9.90. The van der Waals surface area contributed by atoms with Gasteiger partial charge in [0, 0.05) is 5.56 Å². The molecule has 19 heavy (non-hydrogen) atoms. The third kappa shape index (κ3) is 3.23. The fourth-order valence-corrected chi connectivity index (χ4v) is 3.34. The fraction of sp³-hybridized carbons (Fsp3) is 0.600. The van der Waals surface area contributed by atoms with E-state index in [1.54, 1.807) is 14.2 Å². The molecule has 2 rings (SSSR count). The number of rotatable bonds is 4. The Morgan fingerprint density at radius 3 is 2.53 bits per heavy atom. The van der Waals surface area contributed by atoms with Gasteiger partial charge in [-0.3, -0.25) is 0 Å². The molecule has 106 valence electrons. The molecule has 1 aliphatic heterocycles. The average Bonchev–Trinajstić information content (AvgIpc) is 2.44. The summed E-state index contributed by atoms with van der Waals surface area (Å²) in [7, 11) is 3.45. The van der Waals surface area contributed by atoms with E-state index in [4.69, 9.17) is 9.47 Å². The largest absolute Gasteiger partial charge is 0.496 e. The molecule has 0 saturated carbocycles. The summed E-state index contributed by atoms with van der Waals surface area (Å²) in [5, 5.41) is 3.41. The molecule has 0 aromatic heterocycles. The number of ether oxygens (including phenoxy) is 2. The van der Waals surface area contributed by atoms with Gasteiger partial charge in [-0.15, -0.1) is 0 Å². The predicted octanol–water partition coefficient (Wildman–Crippen LogP) is 3.32. The van der Waals surface area contributed by atoms with Crippen LogP contribution in [0.2, 0.25) is 0 Å². The molecule has 4 heteroatoms. The summed E-state index contributed by atoms with van der Waals surface area (Å²) in [6.45, 7) is 4.29. The normalized spacial score (nSPS) is 16.4. The van der Waals surface area contributed by atoms with Crippen LogP contribution in [-0.4, -0.2) is 27.3 Å². The van der Waals surface area contributed by atoms with Crippen molar-refractivity contribution in [1.29, 1.82) is 0 Å². The van der Waals surface area contributed by atoms with Crippen LogP contribution in [0.15, 0.2) is 10.5 Å². The van der Waals surface area contributed by atoms with E-state index in [9.17, 15) is 0 Å². The fourth-order valence-electron chi connectivity index (χ4n) is 2.73. The van der Waals surface area contributed by atoms with Crippen LogP contribution in [-0.2, 0) is 6.42 Å². The molecular formula is C15H22BrNO2. The lowest BCUT2D eigenvalue weighted by Crippen LogP contribution is -2.28. The second-order valence-corrected chi connectivity index (χ2v) is 5.90. The molecule has 0 aliphatic carbocycles. The van der Waals surface area contributed by atoms with Crippen LogP contribution in [0.25, 0.3) is 0 Å². The van der Waals surface area contributed by atoms with Crippen LogP contribution in [0.3, 0.4) is 0 Å². The van der Waals surface area contributed by atoms with Crippen LogP contribution in [0.4, 0.5) is 0 Å². The molecular weight excluding hydrogens is 306 g/mol. The lowest BCUT2D eigenvalue weighted by Gasteiger charge is -2.24. The second kappa shape index (κ2) is 6.62. The maximum atomic E-state index is 5.58. The monoisotopic (exact) mass is 327 g/mol. The molecule has 1 N–H and O–H groups in total. The first-order valence-corrected chi connectivity index (χ1v) is 7.57. The topological polar surface area (TPSA) is 30.5 Å². The quantitative estimate of drug-likeness (QED) is 0.920. The predicted molar refractivity (Wildman–Crippen MR) is 81.3 cm³/mol. The third-order valence-electron chi connectivity index (χ3n) is 3.89. The summed E-state index contributed by atoms with van der Waals surface area (Å²) in [5.74, 6) is 2.61. The van der Waals surface area contributed by atoms with Crippen LogP contribution in [0, 0.1) is 12.8 Å². The van der Waals surface area contributed by atoms with E-state index in [0.29, 0.717) is 0 Å². The lowest BCUT2D eigenvalue weighted by molar-refractivity contribution is 0.357. The van der Waals surface area contributed by atoms with Crippen LogP contribution < -0.4 is 14.8 Å². The Balaban J connectivity index is 2.29. The minimum absolute atomic E-state index is 0.731. The molecule has 0 amide bonds. The molecule has 0 bridgehead atoms. The Kier molecular flexibility index (Phi) is 5.11. The average molecular weight is 328 g/mol. The maximum Gasteiger partial charge on any atom is 0.136 e. The first kappa shape index (κ1) is 14.7. The number of piperidine rings is 1. The van der Waals surface area contributed by atoms with Crippen LogP contribution >= 0.6 is 15.9 Å². The Bertz CT molecular complexity index is 442. The Morgan fingerprint density at radius 2 is 1.95 bits per heavy atom. The van der Waals surface area contributed by atoms with Gasteiger partial charge in [-0.2, -0.15) is 0 Å². The van der Waals surface area contributed by atoms with Crippen LogP contribution in [0.5, 0.6) is 11.5 Å². The molecule has 0 atom stereocenters. The van der Waals surface area contributed by atoms with Crippen molar-refractivity contribution in [3.05, 3.63) is 21.7 Å². The zero-order valence-corrected chi connectivity index (χ0v) is 13.5. The molecule has 0 radical (unpaired) electrons. The third-order valence-corrected chi connectivity index (χ3v) is 4.84. The summed E-state index contributed by atoms with van der Waals surface area (Å²) in [6.07, 6.45) is 3.52. The smallest absolute Gasteiger partial charge is 0.136 e. The van der Waals surface area contributed by atoms with E-state index >= 15 is 0 Å². The van der Waals surface area contributed by atoms with Gasteiger partial charge in [0.1, 0.15) is 11.5 Å². The van der Waals surface area contributed by atoms with Crippen molar-refractivity contribution >= 4 is 15.9 Å². The number of hydrogen-bond donors (Lipinski definition) is 1. The van der Waals surface area contributed by atoms with E-state index in [2.05, 4.69) is 27.3 Å². The van der Waals surface area contributed by atoms with Gasteiger partial charge in [0.05, 0.1) is 18.7 Å². The summed E-state index contributed by atoms with van der Waals surface area (Å²) >= 11 is 3.63. The highest BCUT2D eigenvalue weighted by atomic mass is 79.9. The van der Waals surface area contributed by atoms with Crippen molar-refractivity contribution in [2.24, 2.45) is 5.92 Å². The molecule has 1 saturated heterocycles. The van der Waals surface area contributed by atoms with E-state index in [1.807, 2.05) is 6.92 Å². The van der Waals surface area contributed by atoms with Gasteiger partial charge in [-0.1, -0.05) is 0 Å². The molecule has 0 unspecified atom stereocenters. The van der Waals surface area contributed by atoms with Crippen molar-refractivity contribution in [3.63, 3.8) is 0 Å². The Morgan fingerprint density at radius 1 is 1.26 bits per heavy atom. The molecule has 1 aromatic carbocycles. The van der Waals surface area contributed by atoms with Crippen molar-refractivity contribution in [1.82, 2.24) is 5.32 Å². The van der Waals surface area contributed by atoms with Gasteiger partial charge in [0.15, 0.2) is 0 Å². The minimum atomic E-state index is 0.731. The van der Waals surface area contributed by atoms with E-state index in [1.165, 1.54) is 18.4 Å². The first-order valence-electron chi connectivity index (χ1n) is 6.78. The van der Waals surface area contributed by atoms with Gasteiger partial charge in [-0.25, -0.2) is 0 Å². The summed E-state index contributed by atoms with van der Waals surface area (Å²) in [5.41, 5.74) is 2.33. The highest BCUT2D eigenvalue weighted by molar-refractivity contribution is 9.10. The molecule has 1 heterocycles. The molecule has 1 fully saturated rings. The van der Waals surface area contributed by atoms with Crippen LogP contribution in [0.1, 0.15) is 24.0 Å². The SMILES string of the molecule is COc1cc(CC2CCNCC2)c(OC)c(Br)c1C. The summed E-state index contributed by atoms with van der Waals surface area (Å²) < 4.78 is 12.0. The van der Waals surface area contributed by atoms with Crippen molar-refractivity contribution in [3.8, 4) is 11.5 Å². The highest BCUT2D eigenvalue weighted by Crippen LogP contribution is 2.39. The van der Waals surface area contributed by atoms with E-state index in [-0.39, 0.29) is 0 Å². The Labute approximate surface area is 123 Å². The highest BCUT2D eigenvalue weighted by Gasteiger charge is 2.20. The number of benzene rings is 1. The second-order valence-electron chi connectivity index (χ2n) is 5.11. The van der Waals surface area contributed by atoms with Gasteiger partial charge in [0.25, 0.3) is 0 Å². The van der Waals surface area contributed by atoms with Gasteiger partial charge in [-0.05, 0) is 72.8 Å². The standard InChI is InChI=1S/C15H22BrNO2/c1-10-13(18-2)9-12(15(19-3)14(10)16)8-11-4-6-17-7-5-11/h9,11,17H,4-8H2,1-3H3. The van der Waals surface area contributed by atoms with Gasteiger partial charge >= 0.3 is 0 Å². The van der Waals surface area contributed by atoms with Gasteiger partial charge in [0.2, 0.25) is 0 Å². The van der Waals surface area contributed by atoms with Crippen molar-refractivity contribution < 1.29 is 9.47 Å². The first-order chi connectivity index (χ1) is 9.17. The van der Waals surface area contributed by atoms with Crippen molar-refractivity contribution in [2.75, 3.05) is 27.3 Å². The molecule has 1 aliphatic rings. The molecule has 3 nitrogen and oxygen atoms in total. The van der Waals surface area contributed by atoms with E-state index < -0.39 is 0 Å². The number of hydrogen-bond acceptors (Lipinski definition) is 3. The number of halogens is 1. The zero-order valence-electron chi connectivity index (χ0n) is 11.9. The summed E-state index contributed by atoms with van der Waals surface area (Å²) in [4.78, 5) is 0. The number of methoxy groups -OCH3 is 2.